The molecule has 0 aromatic heterocycles. The number of ether oxygens (including phenoxy) is 1. The van der Waals surface area contributed by atoms with Crippen LogP contribution in [0.5, 0.6) is 0 Å². The van der Waals surface area contributed by atoms with Crippen LogP contribution in [0, 0.1) is 0 Å². The second kappa shape index (κ2) is 5.69. The minimum absolute atomic E-state index is 0.234. The molecule has 0 radical (unpaired) electrons. The van der Waals surface area contributed by atoms with Crippen LogP contribution in [-0.2, 0) is 14.3 Å². The van der Waals surface area contributed by atoms with Crippen LogP contribution in [0.1, 0.15) is 52.4 Å². The number of carbonyl (C=O) groups excluding carboxylic acids is 1. The third-order valence-electron chi connectivity index (χ3n) is 4.18. The normalized spacial score (nSPS) is 17.9. The van der Waals surface area contributed by atoms with Gasteiger partial charge in [-0.15, -0.1) is 0 Å². The molecule has 0 spiro atoms. The standard InChI is InChI=1S/C13H23NO4/c1-4-13(5-2,11(16)17)14-10(15)9-12(18-3)7-6-8-12/h4-9H2,1-3H3,(H,14,15)(H,16,17). The van der Waals surface area contributed by atoms with E-state index >= 15 is 0 Å². The lowest BCUT2D eigenvalue weighted by Crippen LogP contribution is -2.55. The van der Waals surface area contributed by atoms with Crippen LogP contribution in [0.4, 0.5) is 0 Å². The lowest BCUT2D eigenvalue weighted by atomic mass is 9.77. The van der Waals surface area contributed by atoms with E-state index in [-0.39, 0.29) is 17.9 Å². The molecule has 1 saturated carbocycles. The van der Waals surface area contributed by atoms with E-state index in [2.05, 4.69) is 5.32 Å². The average molecular weight is 257 g/mol. The van der Waals surface area contributed by atoms with Crippen LogP contribution in [0.25, 0.3) is 0 Å². The zero-order valence-electron chi connectivity index (χ0n) is 11.4. The smallest absolute Gasteiger partial charge is 0.329 e. The molecular weight excluding hydrogens is 234 g/mol. The first kappa shape index (κ1) is 15.0. The van der Waals surface area contributed by atoms with E-state index in [9.17, 15) is 14.7 Å². The number of methoxy groups -OCH3 is 1. The van der Waals surface area contributed by atoms with Crippen LogP contribution in [0.15, 0.2) is 0 Å². The lowest BCUT2D eigenvalue weighted by molar-refractivity contribution is -0.150. The lowest BCUT2D eigenvalue weighted by Gasteiger charge is -2.40. The fraction of sp³-hybridized carbons (Fsp3) is 0.846. The molecule has 0 saturated heterocycles. The van der Waals surface area contributed by atoms with Gasteiger partial charge in [-0.3, -0.25) is 4.79 Å². The molecule has 5 heteroatoms. The Bertz CT molecular complexity index is 313. The Morgan fingerprint density at radius 2 is 1.89 bits per heavy atom. The largest absolute Gasteiger partial charge is 0.480 e. The summed E-state index contributed by atoms with van der Waals surface area (Å²) in [4.78, 5) is 23.3. The van der Waals surface area contributed by atoms with Crippen molar-refractivity contribution in [2.24, 2.45) is 0 Å². The molecule has 0 unspecified atom stereocenters. The topological polar surface area (TPSA) is 75.6 Å². The highest BCUT2D eigenvalue weighted by Gasteiger charge is 2.42. The third-order valence-corrected chi connectivity index (χ3v) is 4.18. The summed E-state index contributed by atoms with van der Waals surface area (Å²) in [5.41, 5.74) is -1.51. The highest BCUT2D eigenvalue weighted by molar-refractivity contribution is 5.87. The molecule has 1 fully saturated rings. The zero-order valence-corrected chi connectivity index (χ0v) is 11.4. The van der Waals surface area contributed by atoms with Crippen LogP contribution >= 0.6 is 0 Å². The molecule has 0 atom stereocenters. The summed E-state index contributed by atoms with van der Waals surface area (Å²) in [6, 6.07) is 0. The Hall–Kier alpha value is -1.10. The molecule has 0 aliphatic heterocycles. The summed E-state index contributed by atoms with van der Waals surface area (Å²) in [5.74, 6) is -1.21. The number of nitrogens with one attached hydrogen (secondary N) is 1. The summed E-state index contributed by atoms with van der Waals surface area (Å²) in [7, 11) is 1.61. The van der Waals surface area contributed by atoms with Crippen LogP contribution < -0.4 is 5.32 Å². The van der Waals surface area contributed by atoms with E-state index in [1.807, 2.05) is 0 Å². The Balaban J connectivity index is 2.65. The number of carbonyl (C=O) groups is 2. The van der Waals surface area contributed by atoms with E-state index < -0.39 is 11.5 Å². The molecule has 104 valence electrons. The van der Waals surface area contributed by atoms with Crippen molar-refractivity contribution in [1.82, 2.24) is 5.32 Å². The molecule has 1 rings (SSSR count). The molecule has 2 N–H and O–H groups in total. The van der Waals surface area contributed by atoms with Gasteiger partial charge < -0.3 is 15.2 Å². The molecule has 0 aromatic carbocycles. The third kappa shape index (κ3) is 2.83. The van der Waals surface area contributed by atoms with Gasteiger partial charge in [-0.25, -0.2) is 4.79 Å². The van der Waals surface area contributed by atoms with Gasteiger partial charge in [0.15, 0.2) is 0 Å². The van der Waals surface area contributed by atoms with E-state index in [1.54, 1.807) is 21.0 Å². The average Bonchev–Trinajstić information content (AvgIpc) is 2.30. The minimum Gasteiger partial charge on any atom is -0.480 e. The fourth-order valence-corrected chi connectivity index (χ4v) is 2.41. The maximum absolute atomic E-state index is 12.0. The monoisotopic (exact) mass is 257 g/mol. The number of rotatable bonds is 7. The van der Waals surface area contributed by atoms with Gasteiger partial charge in [0.05, 0.1) is 12.0 Å². The predicted octanol–water partition coefficient (Wildman–Crippen LogP) is 1.71. The Morgan fingerprint density at radius 3 is 2.17 bits per heavy atom. The second-order valence-electron chi connectivity index (χ2n) is 5.06. The van der Waals surface area contributed by atoms with Crippen molar-refractivity contribution in [3.63, 3.8) is 0 Å². The van der Waals surface area contributed by atoms with Gasteiger partial charge in [-0.2, -0.15) is 0 Å². The summed E-state index contributed by atoms with van der Waals surface area (Å²) in [5, 5.41) is 11.9. The van der Waals surface area contributed by atoms with Crippen molar-refractivity contribution in [3.05, 3.63) is 0 Å². The molecule has 0 heterocycles. The predicted molar refractivity (Wildman–Crippen MR) is 67.3 cm³/mol. The number of hydrogen-bond donors (Lipinski definition) is 2. The summed E-state index contributed by atoms with van der Waals surface area (Å²) in [6.07, 6.45) is 3.81. The number of carboxylic acid groups (broad SMARTS) is 1. The van der Waals surface area contributed by atoms with Gasteiger partial charge in [-0.05, 0) is 32.1 Å². The van der Waals surface area contributed by atoms with E-state index in [1.165, 1.54) is 0 Å². The van der Waals surface area contributed by atoms with Gasteiger partial charge in [0.25, 0.3) is 0 Å². The summed E-state index contributed by atoms with van der Waals surface area (Å²) >= 11 is 0. The van der Waals surface area contributed by atoms with Crippen molar-refractivity contribution < 1.29 is 19.4 Å². The van der Waals surface area contributed by atoms with Gasteiger partial charge in [0.2, 0.25) is 5.91 Å². The van der Waals surface area contributed by atoms with Crippen molar-refractivity contribution in [2.45, 2.75) is 63.5 Å². The van der Waals surface area contributed by atoms with Crippen LogP contribution in [-0.4, -0.2) is 35.2 Å². The molecular formula is C13H23NO4. The Kier molecular flexibility index (Phi) is 4.73. The van der Waals surface area contributed by atoms with Crippen molar-refractivity contribution in [2.75, 3.05) is 7.11 Å². The molecule has 5 nitrogen and oxygen atoms in total. The summed E-state index contributed by atoms with van der Waals surface area (Å²) < 4.78 is 5.38. The highest BCUT2D eigenvalue weighted by atomic mass is 16.5. The first-order valence-electron chi connectivity index (χ1n) is 6.53. The number of carboxylic acids is 1. The molecule has 0 bridgehead atoms. The SMILES string of the molecule is CCC(CC)(NC(=O)CC1(OC)CCC1)C(=O)O. The quantitative estimate of drug-likeness (QED) is 0.728. The second-order valence-corrected chi connectivity index (χ2v) is 5.06. The van der Waals surface area contributed by atoms with Gasteiger partial charge in [-0.1, -0.05) is 13.8 Å². The van der Waals surface area contributed by atoms with Gasteiger partial charge in [0.1, 0.15) is 5.54 Å². The van der Waals surface area contributed by atoms with Gasteiger partial charge in [0, 0.05) is 7.11 Å². The van der Waals surface area contributed by atoms with E-state index in [0.29, 0.717) is 12.8 Å². The van der Waals surface area contributed by atoms with Crippen molar-refractivity contribution >= 4 is 11.9 Å². The first-order valence-corrected chi connectivity index (χ1v) is 6.53. The van der Waals surface area contributed by atoms with Crippen LogP contribution in [0.3, 0.4) is 0 Å². The maximum atomic E-state index is 12.0. The number of hydrogen-bond acceptors (Lipinski definition) is 3. The number of aliphatic carboxylic acids is 1. The fourth-order valence-electron chi connectivity index (χ4n) is 2.41. The Labute approximate surface area is 108 Å². The Morgan fingerprint density at radius 1 is 1.33 bits per heavy atom. The highest BCUT2D eigenvalue weighted by Crippen LogP contribution is 2.38. The van der Waals surface area contributed by atoms with Gasteiger partial charge >= 0.3 is 5.97 Å². The molecule has 18 heavy (non-hydrogen) atoms. The molecule has 1 aliphatic rings. The van der Waals surface area contributed by atoms with Crippen molar-refractivity contribution in [1.29, 1.82) is 0 Å². The molecule has 1 aliphatic carbocycles. The molecule has 0 aromatic rings. The van der Waals surface area contributed by atoms with Crippen molar-refractivity contribution in [3.8, 4) is 0 Å². The molecule has 1 amide bonds. The minimum atomic E-state index is -1.14. The first-order chi connectivity index (χ1) is 8.43. The number of amides is 1. The summed E-state index contributed by atoms with van der Waals surface area (Å²) in [6.45, 7) is 3.54. The van der Waals surface area contributed by atoms with E-state index in [0.717, 1.165) is 19.3 Å². The maximum Gasteiger partial charge on any atom is 0.329 e. The van der Waals surface area contributed by atoms with E-state index in [4.69, 9.17) is 4.74 Å². The zero-order chi connectivity index (χ0) is 13.8. The van der Waals surface area contributed by atoms with Crippen LogP contribution in [0.2, 0.25) is 0 Å².